The van der Waals surface area contributed by atoms with E-state index in [1.807, 2.05) is 0 Å². The van der Waals surface area contributed by atoms with Gasteiger partial charge in [-0.1, -0.05) is 0 Å². The number of rotatable bonds is 6. The Bertz CT molecular complexity index is 590. The third kappa shape index (κ3) is 3.11. The van der Waals surface area contributed by atoms with Crippen molar-refractivity contribution in [3.8, 4) is 12.3 Å². The van der Waals surface area contributed by atoms with E-state index in [0.29, 0.717) is 0 Å². The van der Waals surface area contributed by atoms with Crippen LogP contribution < -0.4 is 5.73 Å². The van der Waals surface area contributed by atoms with Gasteiger partial charge in [0.25, 0.3) is 5.91 Å². The van der Waals surface area contributed by atoms with Crippen LogP contribution in [-0.2, 0) is 9.26 Å². The first kappa shape index (κ1) is 16.8. The van der Waals surface area contributed by atoms with Gasteiger partial charge >= 0.3 is 0 Å². The Morgan fingerprint density at radius 3 is 2.95 bits per heavy atom. The van der Waals surface area contributed by atoms with E-state index < -0.39 is 36.9 Å². The van der Waals surface area contributed by atoms with Crippen LogP contribution in [0.25, 0.3) is 0 Å². The molecule has 5 atom stereocenters. The summed E-state index contributed by atoms with van der Waals surface area (Å²) in [5, 5.41) is 20.0. The zero-order chi connectivity index (χ0) is 16.3. The number of terminal acetylenes is 1. The molecular weight excluding hydrogens is 316 g/mol. The van der Waals surface area contributed by atoms with Gasteiger partial charge < -0.3 is 25.2 Å². The SMILES string of the molecule is C#Cc1c(C(N)=O)ncn1[C@@H]1O[C@H](COPCF)[C@@H](O)[C@H]1O. The zero-order valence-electron chi connectivity index (χ0n) is 11.3. The summed E-state index contributed by atoms with van der Waals surface area (Å²) in [6, 6.07) is 0. The van der Waals surface area contributed by atoms with Crippen molar-refractivity contribution in [3.05, 3.63) is 17.7 Å². The van der Waals surface area contributed by atoms with Crippen molar-refractivity contribution in [1.29, 1.82) is 0 Å². The third-order valence-electron chi connectivity index (χ3n) is 3.18. The van der Waals surface area contributed by atoms with Gasteiger partial charge in [0.2, 0.25) is 0 Å². The smallest absolute Gasteiger partial charge is 0.270 e. The number of nitrogens with two attached hydrogens (primary N) is 1. The van der Waals surface area contributed by atoms with Crippen LogP contribution in [-0.4, -0.2) is 57.0 Å². The van der Waals surface area contributed by atoms with Crippen molar-refractivity contribution >= 4 is 14.7 Å². The number of aliphatic hydroxyl groups is 2. The number of alkyl halides is 1. The molecule has 2 heterocycles. The Morgan fingerprint density at radius 2 is 2.36 bits per heavy atom. The molecule has 0 spiro atoms. The second kappa shape index (κ2) is 7.13. The molecule has 22 heavy (non-hydrogen) atoms. The Balaban J connectivity index is 2.19. The highest BCUT2D eigenvalue weighted by Crippen LogP contribution is 2.32. The summed E-state index contributed by atoms with van der Waals surface area (Å²) >= 11 is 0. The lowest BCUT2D eigenvalue weighted by atomic mass is 10.1. The lowest BCUT2D eigenvalue weighted by Crippen LogP contribution is -2.33. The average Bonchev–Trinajstić information content (AvgIpc) is 3.03. The lowest BCUT2D eigenvalue weighted by molar-refractivity contribution is -0.0482. The Kier molecular flexibility index (Phi) is 5.45. The summed E-state index contributed by atoms with van der Waals surface area (Å²) in [5.41, 5.74) is 5.06. The molecule has 120 valence electrons. The number of carbonyl (C=O) groups is 1. The number of aromatic nitrogens is 2. The third-order valence-corrected chi connectivity index (χ3v) is 3.66. The van der Waals surface area contributed by atoms with E-state index in [2.05, 4.69) is 10.9 Å². The first-order valence-corrected chi connectivity index (χ1v) is 7.38. The fourth-order valence-corrected chi connectivity index (χ4v) is 2.51. The molecular formula is C12H15FN3O5P. The first-order chi connectivity index (χ1) is 10.5. The van der Waals surface area contributed by atoms with Crippen molar-refractivity contribution in [1.82, 2.24) is 9.55 Å². The number of amides is 1. The van der Waals surface area contributed by atoms with Gasteiger partial charge in [-0.05, 0) is 5.92 Å². The van der Waals surface area contributed by atoms with E-state index in [-0.39, 0.29) is 26.8 Å². The number of nitrogens with zero attached hydrogens (tertiary/aromatic N) is 2. The van der Waals surface area contributed by atoms with Gasteiger partial charge in [0.15, 0.2) is 11.9 Å². The summed E-state index contributed by atoms with van der Waals surface area (Å²) in [4.78, 5) is 15.0. The Hall–Kier alpha value is -1.56. The predicted octanol–water partition coefficient (Wildman–Crippen LogP) is -0.880. The van der Waals surface area contributed by atoms with Crippen LogP contribution in [0.15, 0.2) is 6.33 Å². The van der Waals surface area contributed by atoms with Crippen LogP contribution in [0.5, 0.6) is 0 Å². The molecule has 0 aliphatic carbocycles. The van der Waals surface area contributed by atoms with Crippen molar-refractivity contribution < 1.29 is 28.7 Å². The molecule has 1 aliphatic heterocycles. The van der Waals surface area contributed by atoms with Crippen molar-refractivity contribution in [3.63, 3.8) is 0 Å². The van der Waals surface area contributed by atoms with Crippen LogP contribution in [0.1, 0.15) is 22.4 Å². The van der Waals surface area contributed by atoms with Gasteiger partial charge in [-0.2, -0.15) is 0 Å². The molecule has 10 heteroatoms. The minimum atomic E-state index is -1.32. The normalized spacial score (nSPS) is 28.3. The second-order valence-electron chi connectivity index (χ2n) is 4.49. The van der Waals surface area contributed by atoms with E-state index in [9.17, 15) is 19.4 Å². The number of halogens is 1. The number of ether oxygens (including phenoxy) is 1. The van der Waals surface area contributed by atoms with Gasteiger partial charge in [0.1, 0.15) is 30.4 Å². The summed E-state index contributed by atoms with van der Waals surface area (Å²) in [6.07, 6.45) is 1.41. The molecule has 0 aromatic carbocycles. The monoisotopic (exact) mass is 331 g/mol. The van der Waals surface area contributed by atoms with E-state index in [4.69, 9.17) is 21.4 Å². The summed E-state index contributed by atoms with van der Waals surface area (Å²) in [7, 11) is -0.372. The minimum Gasteiger partial charge on any atom is -0.387 e. The molecule has 1 saturated heterocycles. The number of carbonyl (C=O) groups excluding carboxylic acids is 1. The summed E-state index contributed by atoms with van der Waals surface area (Å²) in [5.74, 6) is 1.44. The molecule has 4 N–H and O–H groups in total. The van der Waals surface area contributed by atoms with E-state index >= 15 is 0 Å². The van der Waals surface area contributed by atoms with Gasteiger partial charge in [0, 0.05) is 8.81 Å². The van der Waals surface area contributed by atoms with E-state index in [0.717, 1.165) is 0 Å². The van der Waals surface area contributed by atoms with Crippen molar-refractivity contribution in [2.75, 3.05) is 13.0 Å². The molecule has 0 bridgehead atoms. The molecule has 1 fully saturated rings. The molecule has 1 amide bonds. The number of hydrogen-bond donors (Lipinski definition) is 3. The zero-order valence-corrected chi connectivity index (χ0v) is 12.3. The molecule has 1 aromatic rings. The molecule has 1 unspecified atom stereocenters. The molecule has 8 nitrogen and oxygen atoms in total. The lowest BCUT2D eigenvalue weighted by Gasteiger charge is -2.17. The highest BCUT2D eigenvalue weighted by molar-refractivity contribution is 7.31. The number of hydrogen-bond acceptors (Lipinski definition) is 6. The minimum absolute atomic E-state index is 0.0379. The number of aliphatic hydroxyl groups excluding tert-OH is 2. The maximum atomic E-state index is 12.0. The van der Waals surface area contributed by atoms with Gasteiger partial charge in [-0.25, -0.2) is 9.37 Å². The van der Waals surface area contributed by atoms with Crippen LogP contribution in [0.3, 0.4) is 0 Å². The van der Waals surface area contributed by atoms with Crippen LogP contribution in [0, 0.1) is 12.3 Å². The van der Waals surface area contributed by atoms with Crippen molar-refractivity contribution in [2.45, 2.75) is 24.5 Å². The van der Waals surface area contributed by atoms with E-state index in [1.54, 1.807) is 0 Å². The molecule has 1 aromatic heterocycles. The predicted molar refractivity (Wildman–Crippen MR) is 74.8 cm³/mol. The molecule has 1 aliphatic rings. The van der Waals surface area contributed by atoms with E-state index in [1.165, 1.54) is 10.9 Å². The van der Waals surface area contributed by atoms with Crippen LogP contribution in [0.2, 0.25) is 0 Å². The maximum absolute atomic E-state index is 12.0. The van der Waals surface area contributed by atoms with Crippen molar-refractivity contribution in [2.24, 2.45) is 5.73 Å². The topological polar surface area (TPSA) is 120 Å². The summed E-state index contributed by atoms with van der Waals surface area (Å²) < 4.78 is 23.7. The number of imidazole rings is 1. The first-order valence-electron chi connectivity index (χ1n) is 6.26. The quantitative estimate of drug-likeness (QED) is 0.354. The number of primary amides is 1. The Morgan fingerprint density at radius 1 is 1.64 bits per heavy atom. The summed E-state index contributed by atoms with van der Waals surface area (Å²) in [6.45, 7) is -0.0835. The van der Waals surface area contributed by atoms with Crippen LogP contribution >= 0.6 is 8.81 Å². The average molecular weight is 331 g/mol. The Labute approximate surface area is 127 Å². The molecule has 0 saturated carbocycles. The second-order valence-corrected chi connectivity index (χ2v) is 5.34. The van der Waals surface area contributed by atoms with Crippen LogP contribution in [0.4, 0.5) is 4.39 Å². The highest BCUT2D eigenvalue weighted by Gasteiger charge is 2.44. The van der Waals surface area contributed by atoms with Gasteiger partial charge in [-0.3, -0.25) is 9.36 Å². The van der Waals surface area contributed by atoms with Gasteiger partial charge in [0.05, 0.1) is 12.9 Å². The molecule has 0 radical (unpaired) electrons. The maximum Gasteiger partial charge on any atom is 0.270 e. The highest BCUT2D eigenvalue weighted by atomic mass is 31.1. The molecule has 2 rings (SSSR count). The largest absolute Gasteiger partial charge is 0.387 e. The fourth-order valence-electron chi connectivity index (χ4n) is 2.15. The fraction of sp³-hybridized carbons (Fsp3) is 0.500. The van der Waals surface area contributed by atoms with Gasteiger partial charge in [-0.15, -0.1) is 6.42 Å². The standard InChI is InChI=1S/C12H15FN3O5P/c1-2-6-8(11(14)19)15-5-16(6)12-10(18)9(17)7(21-12)3-20-22-4-13/h1,5,7,9-10,12,17-18,22H,3-4H2,(H2,14,19)/t7-,9-,10-,12-/m1/s1.